The third-order valence-corrected chi connectivity index (χ3v) is 9.61. The van der Waals surface area contributed by atoms with Crippen molar-refractivity contribution in [3.05, 3.63) is 29.8 Å². The highest BCUT2D eigenvalue weighted by atomic mass is 16.5. The fraction of sp³-hybridized carbons (Fsp3) is 0.720. The average Bonchev–Trinajstić information content (AvgIpc) is 3.05. The maximum atomic E-state index is 12.0. The number of hydrogen-bond donors (Lipinski definition) is 1. The molecule has 152 valence electrons. The van der Waals surface area contributed by atoms with Gasteiger partial charge in [0.05, 0.1) is 7.11 Å². The number of benzene rings is 1. The first kappa shape index (κ1) is 18.5. The van der Waals surface area contributed by atoms with Crippen molar-refractivity contribution >= 4 is 5.91 Å². The number of rotatable bonds is 2. The number of nitrogens with one attached hydrogen (secondary N) is 1. The summed E-state index contributed by atoms with van der Waals surface area (Å²) in [5, 5.41) is 3.36. The van der Waals surface area contributed by atoms with Crippen LogP contribution in [0.1, 0.15) is 76.7 Å². The molecular formula is C25H35NO2. The second-order valence-corrected chi connectivity index (χ2v) is 10.5. The summed E-state index contributed by atoms with van der Waals surface area (Å²) in [6, 6.07) is 9.11. The van der Waals surface area contributed by atoms with Crippen LogP contribution in [0.3, 0.4) is 0 Å². The largest absolute Gasteiger partial charge is 0.496 e. The van der Waals surface area contributed by atoms with Gasteiger partial charge >= 0.3 is 0 Å². The van der Waals surface area contributed by atoms with E-state index in [0.29, 0.717) is 22.8 Å². The Balaban J connectivity index is 1.45. The molecule has 0 radical (unpaired) electrons. The Morgan fingerprint density at radius 1 is 0.964 bits per heavy atom. The zero-order valence-electron chi connectivity index (χ0n) is 17.7. The maximum absolute atomic E-state index is 12.0. The highest BCUT2D eigenvalue weighted by Gasteiger charge is 2.60. The number of carbonyl (C=O) groups excluding carboxylic acids is 1. The number of fused-ring (bicyclic) bond motifs is 5. The van der Waals surface area contributed by atoms with E-state index in [0.717, 1.165) is 36.3 Å². The fourth-order valence-electron chi connectivity index (χ4n) is 8.17. The van der Waals surface area contributed by atoms with Crippen molar-refractivity contribution in [2.45, 2.75) is 77.2 Å². The van der Waals surface area contributed by atoms with Gasteiger partial charge in [0.2, 0.25) is 5.91 Å². The van der Waals surface area contributed by atoms with E-state index in [4.69, 9.17) is 4.74 Å². The lowest BCUT2D eigenvalue weighted by Crippen LogP contribution is -2.60. The molecule has 3 heteroatoms. The number of ether oxygens (including phenoxy) is 1. The molecule has 4 aliphatic rings. The molecule has 7 atom stereocenters. The molecule has 3 saturated carbocycles. The molecule has 1 aromatic rings. The van der Waals surface area contributed by atoms with Gasteiger partial charge in [0.15, 0.2) is 0 Å². The lowest BCUT2D eigenvalue weighted by atomic mass is 9.47. The Kier molecular flexibility index (Phi) is 4.30. The summed E-state index contributed by atoms with van der Waals surface area (Å²) in [5.74, 6) is 4.39. The molecule has 0 bridgehead atoms. The van der Waals surface area contributed by atoms with Gasteiger partial charge in [-0.2, -0.15) is 0 Å². The van der Waals surface area contributed by atoms with Crippen LogP contribution in [-0.4, -0.2) is 19.1 Å². The maximum Gasteiger partial charge on any atom is 0.220 e. The first-order valence-corrected chi connectivity index (χ1v) is 11.4. The summed E-state index contributed by atoms with van der Waals surface area (Å²) in [6.45, 7) is 5.07. The van der Waals surface area contributed by atoms with Crippen LogP contribution in [-0.2, 0) is 4.79 Å². The van der Waals surface area contributed by atoms with Gasteiger partial charge in [0.1, 0.15) is 5.75 Å². The Bertz CT molecular complexity index is 776. The molecule has 4 fully saturated rings. The first-order valence-electron chi connectivity index (χ1n) is 11.4. The normalized spacial score (nSPS) is 44.8. The minimum absolute atomic E-state index is 0.277. The molecule has 28 heavy (non-hydrogen) atoms. The van der Waals surface area contributed by atoms with Crippen molar-refractivity contribution in [3.8, 4) is 5.75 Å². The summed E-state index contributed by atoms with van der Waals surface area (Å²) in [6.07, 6.45) is 9.57. The molecule has 3 aliphatic carbocycles. The second kappa shape index (κ2) is 6.50. The van der Waals surface area contributed by atoms with Gasteiger partial charge in [0.25, 0.3) is 0 Å². The molecule has 1 aliphatic heterocycles. The molecule has 5 rings (SSSR count). The van der Waals surface area contributed by atoms with Crippen LogP contribution in [0.2, 0.25) is 0 Å². The summed E-state index contributed by atoms with van der Waals surface area (Å²) in [7, 11) is 1.81. The number of carbonyl (C=O) groups is 1. The van der Waals surface area contributed by atoms with Crippen LogP contribution in [0.25, 0.3) is 0 Å². The van der Waals surface area contributed by atoms with Gasteiger partial charge < -0.3 is 10.1 Å². The molecule has 1 saturated heterocycles. The first-order chi connectivity index (χ1) is 13.5. The van der Waals surface area contributed by atoms with Gasteiger partial charge in [-0.05, 0) is 91.1 Å². The minimum Gasteiger partial charge on any atom is -0.496 e. The van der Waals surface area contributed by atoms with Crippen LogP contribution in [0.15, 0.2) is 24.3 Å². The van der Waals surface area contributed by atoms with E-state index in [1.165, 1.54) is 44.1 Å². The van der Waals surface area contributed by atoms with Crippen LogP contribution in [0.5, 0.6) is 5.75 Å². The predicted octanol–water partition coefficient (Wildman–Crippen LogP) is 5.30. The highest BCUT2D eigenvalue weighted by molar-refractivity contribution is 5.77. The van der Waals surface area contributed by atoms with Crippen molar-refractivity contribution in [3.63, 3.8) is 0 Å². The smallest absolute Gasteiger partial charge is 0.220 e. The van der Waals surface area contributed by atoms with Gasteiger partial charge in [-0.1, -0.05) is 32.0 Å². The Morgan fingerprint density at radius 3 is 2.57 bits per heavy atom. The molecule has 3 nitrogen and oxygen atoms in total. The third kappa shape index (κ3) is 2.50. The highest BCUT2D eigenvalue weighted by Crippen LogP contribution is 2.67. The number of para-hydroxylation sites is 1. The molecule has 0 aromatic heterocycles. The average molecular weight is 382 g/mol. The summed E-state index contributed by atoms with van der Waals surface area (Å²) in [4.78, 5) is 12.0. The molecule has 2 unspecified atom stereocenters. The molecular weight excluding hydrogens is 346 g/mol. The number of methoxy groups -OCH3 is 1. The SMILES string of the molecule is COc1ccccc1C1CC[C@H]2[C@@H]3CCC4NC(=O)CC[C@]4(C)[C@@H]3CC[C@]12C. The summed E-state index contributed by atoms with van der Waals surface area (Å²) >= 11 is 0. The number of piperidine rings is 1. The van der Waals surface area contributed by atoms with Gasteiger partial charge in [-0.25, -0.2) is 0 Å². The van der Waals surface area contributed by atoms with Crippen LogP contribution in [0, 0.1) is 28.6 Å². The molecule has 1 aromatic carbocycles. The quantitative estimate of drug-likeness (QED) is 0.755. The van der Waals surface area contributed by atoms with Crippen LogP contribution >= 0.6 is 0 Å². The van der Waals surface area contributed by atoms with E-state index in [-0.39, 0.29) is 5.91 Å². The van der Waals surface area contributed by atoms with Crippen LogP contribution in [0.4, 0.5) is 0 Å². The van der Waals surface area contributed by atoms with Crippen molar-refractivity contribution < 1.29 is 9.53 Å². The third-order valence-electron chi connectivity index (χ3n) is 9.61. The van der Waals surface area contributed by atoms with E-state index in [9.17, 15) is 4.79 Å². The van der Waals surface area contributed by atoms with E-state index in [1.54, 1.807) is 0 Å². The molecule has 1 N–H and O–H groups in total. The molecule has 1 amide bonds. The zero-order valence-corrected chi connectivity index (χ0v) is 17.7. The van der Waals surface area contributed by atoms with Crippen molar-refractivity contribution in [2.24, 2.45) is 28.6 Å². The van der Waals surface area contributed by atoms with E-state index in [1.807, 2.05) is 7.11 Å². The number of amides is 1. The van der Waals surface area contributed by atoms with Gasteiger partial charge in [-0.3, -0.25) is 4.79 Å². The predicted molar refractivity (Wildman–Crippen MR) is 111 cm³/mol. The Morgan fingerprint density at radius 2 is 1.75 bits per heavy atom. The standard InChI is InChI=1S/C25H35NO2/c1-24-14-12-20-16(8-11-22-25(20,2)15-13-23(27)26-22)18(24)9-10-19(24)17-6-4-5-7-21(17)28-3/h4-7,16,18-20,22H,8-15H2,1-3H3,(H,26,27)/t16-,18-,19?,20+,22?,24-,25+/m0/s1. The van der Waals surface area contributed by atoms with Crippen molar-refractivity contribution in [1.82, 2.24) is 5.32 Å². The van der Waals surface area contributed by atoms with Gasteiger partial charge in [0, 0.05) is 12.5 Å². The molecule has 0 spiro atoms. The van der Waals surface area contributed by atoms with Gasteiger partial charge in [-0.15, -0.1) is 0 Å². The van der Waals surface area contributed by atoms with E-state index in [2.05, 4.69) is 43.4 Å². The topological polar surface area (TPSA) is 38.3 Å². The van der Waals surface area contributed by atoms with Crippen LogP contribution < -0.4 is 10.1 Å². The lowest BCUT2D eigenvalue weighted by Gasteiger charge is -2.60. The van der Waals surface area contributed by atoms with Crippen molar-refractivity contribution in [2.75, 3.05) is 7.11 Å². The Labute approximate surface area is 169 Å². The molecule has 1 heterocycles. The van der Waals surface area contributed by atoms with Crippen molar-refractivity contribution in [1.29, 1.82) is 0 Å². The summed E-state index contributed by atoms with van der Waals surface area (Å²) in [5.41, 5.74) is 2.12. The monoisotopic (exact) mass is 381 g/mol. The zero-order chi connectivity index (χ0) is 19.5. The van der Waals surface area contributed by atoms with E-state index < -0.39 is 0 Å². The number of hydrogen-bond acceptors (Lipinski definition) is 2. The minimum atomic E-state index is 0.277. The fourth-order valence-corrected chi connectivity index (χ4v) is 8.17. The lowest BCUT2D eigenvalue weighted by molar-refractivity contribution is -0.136. The van der Waals surface area contributed by atoms with E-state index >= 15 is 0 Å². The Hall–Kier alpha value is -1.51. The summed E-state index contributed by atoms with van der Waals surface area (Å²) < 4.78 is 5.75. The second-order valence-electron chi connectivity index (χ2n) is 10.5.